The summed E-state index contributed by atoms with van der Waals surface area (Å²) in [6.45, 7) is 16.8. The number of unbranched alkanes of at least 4 members (excludes halogenated alkanes) is 1. The molecule has 0 amide bonds. The van der Waals surface area contributed by atoms with E-state index in [9.17, 15) is 0 Å². The van der Waals surface area contributed by atoms with E-state index in [1.807, 2.05) is 0 Å². The van der Waals surface area contributed by atoms with Crippen molar-refractivity contribution in [1.82, 2.24) is 0 Å². The minimum absolute atomic E-state index is 0.880. The van der Waals surface area contributed by atoms with Crippen molar-refractivity contribution >= 4 is 0 Å². The third-order valence-electron chi connectivity index (χ3n) is 5.99. The van der Waals surface area contributed by atoms with Crippen molar-refractivity contribution in [2.45, 2.75) is 132 Å². The van der Waals surface area contributed by atoms with E-state index in [1.54, 1.807) is 0 Å². The Balaban J connectivity index is 3.47. The third-order valence-corrected chi connectivity index (χ3v) is 5.99. The summed E-state index contributed by atoms with van der Waals surface area (Å²) < 4.78 is 0. The number of rotatable bonds is 17. The van der Waals surface area contributed by atoms with E-state index in [-0.39, 0.29) is 0 Å². The van der Waals surface area contributed by atoms with Gasteiger partial charge in [0.15, 0.2) is 0 Å². The SMILES string of the molecule is CC(C)CCC[C@H](C)CCCC[C@@H](C)CCC[C@H](C)CCCC(C)C. The van der Waals surface area contributed by atoms with Gasteiger partial charge in [0, 0.05) is 0 Å². The number of hydrogen-bond donors (Lipinski definition) is 0. The summed E-state index contributed by atoms with van der Waals surface area (Å²) in [5.41, 5.74) is 0. The zero-order valence-corrected chi connectivity index (χ0v) is 19.1. The fourth-order valence-corrected chi connectivity index (χ4v) is 3.98. The van der Waals surface area contributed by atoms with Gasteiger partial charge >= 0.3 is 0 Å². The summed E-state index contributed by atoms with van der Waals surface area (Å²) in [6, 6.07) is 0. The maximum Gasteiger partial charge on any atom is -0.0443 e. The van der Waals surface area contributed by atoms with Crippen LogP contribution in [-0.4, -0.2) is 0 Å². The van der Waals surface area contributed by atoms with Crippen LogP contribution in [0.25, 0.3) is 0 Å². The molecule has 0 aromatic rings. The Morgan fingerprint density at radius 2 is 0.560 bits per heavy atom. The van der Waals surface area contributed by atoms with Gasteiger partial charge < -0.3 is 0 Å². The Morgan fingerprint density at radius 1 is 0.320 bits per heavy atom. The predicted octanol–water partition coefficient (Wildman–Crippen LogP) is 9.28. The Morgan fingerprint density at radius 3 is 0.840 bits per heavy atom. The normalized spacial score (nSPS) is 15.7. The van der Waals surface area contributed by atoms with E-state index in [0.717, 1.165) is 29.6 Å². The molecular weight excluding hydrogens is 300 g/mol. The smallest absolute Gasteiger partial charge is 0.0443 e. The molecule has 0 radical (unpaired) electrons. The lowest BCUT2D eigenvalue weighted by Gasteiger charge is -2.16. The van der Waals surface area contributed by atoms with E-state index in [2.05, 4.69) is 48.5 Å². The standard InChI is InChI=1S/C25H52/c1-21(2)13-10-17-23(5)15-8-9-16-24(6)19-12-20-25(7)18-11-14-22(3)4/h21-25H,8-20H2,1-7H3/t23-,24-,25-/m1/s1. The Labute approximate surface area is 161 Å². The van der Waals surface area contributed by atoms with E-state index in [4.69, 9.17) is 0 Å². The van der Waals surface area contributed by atoms with Gasteiger partial charge in [-0.25, -0.2) is 0 Å². The average molecular weight is 353 g/mol. The fourth-order valence-electron chi connectivity index (χ4n) is 3.98. The first-order valence-corrected chi connectivity index (χ1v) is 11.8. The minimum atomic E-state index is 0.880. The zero-order chi connectivity index (χ0) is 19.1. The molecule has 0 saturated carbocycles. The van der Waals surface area contributed by atoms with Crippen LogP contribution in [0.1, 0.15) is 132 Å². The summed E-state index contributed by atoms with van der Waals surface area (Å²) in [6.07, 6.45) is 18.8. The third kappa shape index (κ3) is 18.6. The van der Waals surface area contributed by atoms with Crippen LogP contribution in [0.5, 0.6) is 0 Å². The summed E-state index contributed by atoms with van der Waals surface area (Å²) in [7, 11) is 0. The molecule has 0 fully saturated rings. The first kappa shape index (κ1) is 25.0. The monoisotopic (exact) mass is 352 g/mol. The molecule has 0 unspecified atom stereocenters. The predicted molar refractivity (Wildman–Crippen MR) is 117 cm³/mol. The quantitative estimate of drug-likeness (QED) is 0.229. The highest BCUT2D eigenvalue weighted by atomic mass is 14.1. The van der Waals surface area contributed by atoms with Gasteiger partial charge in [-0.1, -0.05) is 132 Å². The molecule has 0 spiro atoms. The second kappa shape index (κ2) is 16.2. The van der Waals surface area contributed by atoms with Gasteiger partial charge in [0.25, 0.3) is 0 Å². The summed E-state index contributed by atoms with van der Waals surface area (Å²) >= 11 is 0. The minimum Gasteiger partial charge on any atom is -0.0628 e. The molecule has 0 N–H and O–H groups in total. The van der Waals surface area contributed by atoms with Crippen LogP contribution in [0.2, 0.25) is 0 Å². The maximum atomic E-state index is 2.48. The highest BCUT2D eigenvalue weighted by molar-refractivity contribution is 4.61. The van der Waals surface area contributed by atoms with Crippen LogP contribution >= 0.6 is 0 Å². The Hall–Kier alpha value is 0. The highest BCUT2D eigenvalue weighted by Gasteiger charge is 2.07. The summed E-state index contributed by atoms with van der Waals surface area (Å²) in [5.74, 6) is 4.59. The van der Waals surface area contributed by atoms with Gasteiger partial charge in [-0.05, 0) is 29.6 Å². The molecule has 0 saturated heterocycles. The van der Waals surface area contributed by atoms with E-state index in [0.29, 0.717) is 0 Å². The molecule has 152 valence electrons. The summed E-state index contributed by atoms with van der Waals surface area (Å²) in [5, 5.41) is 0. The van der Waals surface area contributed by atoms with Crippen LogP contribution in [0, 0.1) is 29.6 Å². The van der Waals surface area contributed by atoms with Crippen molar-refractivity contribution in [1.29, 1.82) is 0 Å². The molecule has 0 heteroatoms. The molecule has 0 bridgehead atoms. The molecule has 25 heavy (non-hydrogen) atoms. The van der Waals surface area contributed by atoms with Gasteiger partial charge in [0.05, 0.1) is 0 Å². The van der Waals surface area contributed by atoms with Crippen molar-refractivity contribution in [3.63, 3.8) is 0 Å². The largest absolute Gasteiger partial charge is 0.0628 e. The highest BCUT2D eigenvalue weighted by Crippen LogP contribution is 2.23. The topological polar surface area (TPSA) is 0 Å². The zero-order valence-electron chi connectivity index (χ0n) is 19.1. The van der Waals surface area contributed by atoms with Crippen LogP contribution < -0.4 is 0 Å². The first-order valence-electron chi connectivity index (χ1n) is 11.8. The molecule has 0 aromatic heterocycles. The molecular formula is C25H52. The number of hydrogen-bond acceptors (Lipinski definition) is 0. The van der Waals surface area contributed by atoms with E-state index >= 15 is 0 Å². The average Bonchev–Trinajstić information content (AvgIpc) is 2.51. The Bertz CT molecular complexity index is 265. The van der Waals surface area contributed by atoms with Crippen molar-refractivity contribution < 1.29 is 0 Å². The molecule has 0 aromatic carbocycles. The molecule has 0 nitrogen and oxygen atoms in total. The first-order chi connectivity index (χ1) is 11.8. The van der Waals surface area contributed by atoms with Crippen molar-refractivity contribution in [3.05, 3.63) is 0 Å². The lowest BCUT2D eigenvalue weighted by atomic mass is 9.90. The molecule has 3 atom stereocenters. The van der Waals surface area contributed by atoms with Crippen molar-refractivity contribution in [3.8, 4) is 0 Å². The van der Waals surface area contributed by atoms with Gasteiger partial charge in [-0.2, -0.15) is 0 Å². The van der Waals surface area contributed by atoms with Crippen LogP contribution in [0.3, 0.4) is 0 Å². The lowest BCUT2D eigenvalue weighted by molar-refractivity contribution is 0.375. The molecule has 0 heterocycles. The Kier molecular flexibility index (Phi) is 16.2. The van der Waals surface area contributed by atoms with E-state index in [1.165, 1.54) is 83.5 Å². The van der Waals surface area contributed by atoms with Crippen LogP contribution in [-0.2, 0) is 0 Å². The van der Waals surface area contributed by atoms with Crippen molar-refractivity contribution in [2.24, 2.45) is 29.6 Å². The molecule has 0 aliphatic carbocycles. The van der Waals surface area contributed by atoms with Gasteiger partial charge in [-0.15, -0.1) is 0 Å². The lowest BCUT2D eigenvalue weighted by Crippen LogP contribution is -2.01. The molecule has 0 rings (SSSR count). The van der Waals surface area contributed by atoms with Gasteiger partial charge in [-0.3, -0.25) is 0 Å². The van der Waals surface area contributed by atoms with Gasteiger partial charge in [0.1, 0.15) is 0 Å². The van der Waals surface area contributed by atoms with Crippen LogP contribution in [0.4, 0.5) is 0 Å². The molecule has 0 aliphatic heterocycles. The summed E-state index contributed by atoms with van der Waals surface area (Å²) in [4.78, 5) is 0. The van der Waals surface area contributed by atoms with Gasteiger partial charge in [0.2, 0.25) is 0 Å². The van der Waals surface area contributed by atoms with Crippen molar-refractivity contribution in [2.75, 3.05) is 0 Å². The second-order valence-electron chi connectivity index (χ2n) is 10.2. The second-order valence-corrected chi connectivity index (χ2v) is 10.2. The van der Waals surface area contributed by atoms with Crippen LogP contribution in [0.15, 0.2) is 0 Å². The molecule has 0 aliphatic rings. The van der Waals surface area contributed by atoms with E-state index < -0.39 is 0 Å². The fraction of sp³-hybridized carbons (Fsp3) is 1.00. The maximum absolute atomic E-state index is 2.48.